The molecule has 1 unspecified atom stereocenters. The molecule has 0 aliphatic heterocycles. The molecule has 1 aromatic carbocycles. The number of carbonyl (C=O) groups is 1. The van der Waals surface area contributed by atoms with Crippen molar-refractivity contribution >= 4 is 11.7 Å². The average molecular weight is 305 g/mol. The predicted molar refractivity (Wildman–Crippen MR) is 72.0 cm³/mol. The number of nitrogen functional groups attached to an aromatic ring is 1. The fourth-order valence-electron chi connectivity index (χ4n) is 2.02. The lowest BCUT2D eigenvalue weighted by molar-refractivity contribution is -0.274. The fourth-order valence-corrected chi connectivity index (χ4v) is 2.02. The van der Waals surface area contributed by atoms with E-state index < -0.39 is 24.0 Å². The second-order valence-corrected chi connectivity index (χ2v) is 5.96. The predicted octanol–water partition coefficient (Wildman–Crippen LogP) is 3.77. The Morgan fingerprint density at radius 3 is 2.33 bits per heavy atom. The number of anilines is 1. The lowest BCUT2D eigenvalue weighted by Crippen LogP contribution is -2.22. The molecule has 21 heavy (non-hydrogen) atoms. The molecule has 1 rings (SSSR count). The number of carboxylic acid groups (broad SMARTS) is 1. The van der Waals surface area contributed by atoms with Crippen molar-refractivity contribution in [2.45, 2.75) is 39.5 Å². The molecule has 0 amide bonds. The van der Waals surface area contributed by atoms with E-state index in [-0.39, 0.29) is 23.1 Å². The van der Waals surface area contributed by atoms with Crippen LogP contribution in [0.1, 0.15) is 38.7 Å². The minimum atomic E-state index is -4.88. The number of aliphatic carboxylic acids is 1. The first-order valence-electron chi connectivity index (χ1n) is 6.27. The van der Waals surface area contributed by atoms with Gasteiger partial charge in [-0.25, -0.2) is 0 Å². The van der Waals surface area contributed by atoms with Crippen molar-refractivity contribution < 1.29 is 27.8 Å². The second-order valence-electron chi connectivity index (χ2n) is 5.96. The third-order valence-electron chi connectivity index (χ3n) is 2.82. The molecule has 0 saturated heterocycles. The van der Waals surface area contributed by atoms with E-state index in [0.29, 0.717) is 0 Å². The summed E-state index contributed by atoms with van der Waals surface area (Å²) in [5, 5.41) is 9.32. The Hall–Kier alpha value is -1.92. The van der Waals surface area contributed by atoms with Gasteiger partial charge in [0.2, 0.25) is 0 Å². The zero-order valence-electron chi connectivity index (χ0n) is 12.0. The first kappa shape index (κ1) is 17.1. The average Bonchev–Trinajstić information content (AvgIpc) is 2.26. The summed E-state index contributed by atoms with van der Waals surface area (Å²) in [6, 6.07) is 3.76. The van der Waals surface area contributed by atoms with Crippen LogP contribution in [0.3, 0.4) is 0 Å². The number of nitrogens with two attached hydrogens (primary N) is 1. The summed E-state index contributed by atoms with van der Waals surface area (Å²) in [7, 11) is 0. The molecule has 0 saturated carbocycles. The third kappa shape index (κ3) is 5.17. The van der Waals surface area contributed by atoms with Gasteiger partial charge >= 0.3 is 12.3 Å². The van der Waals surface area contributed by atoms with Crippen molar-refractivity contribution in [3.63, 3.8) is 0 Å². The Balaban J connectivity index is 3.21. The van der Waals surface area contributed by atoms with Crippen molar-refractivity contribution in [3.05, 3.63) is 23.8 Å². The lowest BCUT2D eigenvalue weighted by atomic mass is 9.81. The van der Waals surface area contributed by atoms with Gasteiger partial charge in [-0.1, -0.05) is 32.9 Å². The van der Waals surface area contributed by atoms with E-state index in [0.717, 1.165) is 6.07 Å². The zero-order valence-corrected chi connectivity index (χ0v) is 12.0. The number of hydrogen-bond acceptors (Lipinski definition) is 3. The maximum atomic E-state index is 12.3. The standard InChI is InChI=1S/C14H18F3NO3/c1-13(2,3)7-9(12(19)20)8-5-4-6-10(11(8)18)21-14(15,16)17/h4-6,9H,7,18H2,1-3H3,(H,19,20). The van der Waals surface area contributed by atoms with Gasteiger partial charge in [0.05, 0.1) is 11.6 Å². The minimum absolute atomic E-state index is 0.124. The van der Waals surface area contributed by atoms with E-state index in [1.165, 1.54) is 12.1 Å². The number of halogens is 3. The van der Waals surface area contributed by atoms with Crippen molar-refractivity contribution in [1.29, 1.82) is 0 Å². The normalized spacial score (nSPS) is 13.8. The molecule has 0 heterocycles. The van der Waals surface area contributed by atoms with Gasteiger partial charge in [-0.2, -0.15) is 0 Å². The van der Waals surface area contributed by atoms with Crippen LogP contribution in [0.15, 0.2) is 18.2 Å². The van der Waals surface area contributed by atoms with Crippen LogP contribution in [0, 0.1) is 5.41 Å². The Morgan fingerprint density at radius 1 is 1.33 bits per heavy atom. The molecule has 0 aliphatic carbocycles. The smallest absolute Gasteiger partial charge is 0.481 e. The van der Waals surface area contributed by atoms with Gasteiger partial charge in [0, 0.05) is 0 Å². The molecule has 0 bridgehead atoms. The Morgan fingerprint density at radius 2 is 1.90 bits per heavy atom. The van der Waals surface area contributed by atoms with Crippen LogP contribution in [0.4, 0.5) is 18.9 Å². The van der Waals surface area contributed by atoms with Crippen molar-refractivity contribution in [2.75, 3.05) is 5.73 Å². The Bertz CT molecular complexity index is 521. The molecule has 0 radical (unpaired) electrons. The highest BCUT2D eigenvalue weighted by Gasteiger charge is 2.34. The molecule has 0 aromatic heterocycles. The number of para-hydroxylation sites is 1. The molecule has 0 fully saturated rings. The second kappa shape index (κ2) is 5.83. The van der Waals surface area contributed by atoms with Crippen LogP contribution in [0.2, 0.25) is 0 Å². The summed E-state index contributed by atoms with van der Waals surface area (Å²) in [5.41, 5.74) is 5.16. The summed E-state index contributed by atoms with van der Waals surface area (Å²) < 4.78 is 40.7. The molecule has 0 aliphatic rings. The molecule has 3 N–H and O–H groups in total. The first-order valence-corrected chi connectivity index (χ1v) is 6.27. The van der Waals surface area contributed by atoms with E-state index in [2.05, 4.69) is 4.74 Å². The SMILES string of the molecule is CC(C)(C)CC(C(=O)O)c1cccc(OC(F)(F)F)c1N. The van der Waals surface area contributed by atoms with Crippen LogP contribution in [-0.2, 0) is 4.79 Å². The number of ether oxygens (including phenoxy) is 1. The van der Waals surface area contributed by atoms with Crippen LogP contribution >= 0.6 is 0 Å². The van der Waals surface area contributed by atoms with E-state index in [4.69, 9.17) is 5.73 Å². The topological polar surface area (TPSA) is 72.5 Å². The van der Waals surface area contributed by atoms with Gasteiger partial charge in [-0.05, 0) is 23.5 Å². The van der Waals surface area contributed by atoms with E-state index in [1.54, 1.807) is 0 Å². The summed E-state index contributed by atoms with van der Waals surface area (Å²) in [4.78, 5) is 11.4. The van der Waals surface area contributed by atoms with Crippen molar-refractivity contribution in [3.8, 4) is 5.75 Å². The van der Waals surface area contributed by atoms with Gasteiger partial charge in [-0.15, -0.1) is 13.2 Å². The highest BCUT2D eigenvalue weighted by Crippen LogP contribution is 2.38. The summed E-state index contributed by atoms with van der Waals surface area (Å²) in [6.45, 7) is 5.53. The van der Waals surface area contributed by atoms with Crippen molar-refractivity contribution in [2.24, 2.45) is 5.41 Å². The molecule has 1 aromatic rings. The number of hydrogen-bond donors (Lipinski definition) is 2. The third-order valence-corrected chi connectivity index (χ3v) is 2.82. The quantitative estimate of drug-likeness (QED) is 0.830. The van der Waals surface area contributed by atoms with Crippen LogP contribution in [-0.4, -0.2) is 17.4 Å². The largest absolute Gasteiger partial charge is 0.573 e. The fraction of sp³-hybridized carbons (Fsp3) is 0.500. The van der Waals surface area contributed by atoms with E-state index >= 15 is 0 Å². The maximum Gasteiger partial charge on any atom is 0.573 e. The molecule has 0 spiro atoms. The van der Waals surface area contributed by atoms with Gasteiger partial charge < -0.3 is 15.6 Å². The maximum absolute atomic E-state index is 12.3. The van der Waals surface area contributed by atoms with Gasteiger partial charge in [0.15, 0.2) is 5.75 Å². The number of rotatable bonds is 4. The molecular weight excluding hydrogens is 287 g/mol. The van der Waals surface area contributed by atoms with E-state index in [9.17, 15) is 23.1 Å². The van der Waals surface area contributed by atoms with Gasteiger partial charge in [0.1, 0.15) is 0 Å². The minimum Gasteiger partial charge on any atom is -0.481 e. The van der Waals surface area contributed by atoms with Crippen LogP contribution in [0.5, 0.6) is 5.75 Å². The first-order chi connectivity index (χ1) is 9.41. The molecule has 4 nitrogen and oxygen atoms in total. The molecule has 1 atom stereocenters. The highest BCUT2D eigenvalue weighted by molar-refractivity contribution is 5.80. The molecule has 118 valence electrons. The van der Waals surface area contributed by atoms with Crippen LogP contribution < -0.4 is 10.5 Å². The summed E-state index contributed by atoms with van der Waals surface area (Å²) in [6.07, 6.45) is -4.64. The Kier molecular flexibility index (Phi) is 4.76. The highest BCUT2D eigenvalue weighted by atomic mass is 19.4. The number of benzene rings is 1. The number of carboxylic acids is 1. The number of alkyl halides is 3. The van der Waals surface area contributed by atoms with Gasteiger partial charge in [0.25, 0.3) is 0 Å². The van der Waals surface area contributed by atoms with E-state index in [1.807, 2.05) is 20.8 Å². The lowest BCUT2D eigenvalue weighted by Gasteiger charge is -2.25. The summed E-state index contributed by atoms with van der Waals surface area (Å²) >= 11 is 0. The van der Waals surface area contributed by atoms with Crippen LogP contribution in [0.25, 0.3) is 0 Å². The van der Waals surface area contributed by atoms with Gasteiger partial charge in [-0.3, -0.25) is 4.79 Å². The summed E-state index contributed by atoms with van der Waals surface area (Å²) in [5.74, 6) is -2.72. The molecule has 7 heteroatoms. The van der Waals surface area contributed by atoms with Crippen molar-refractivity contribution in [1.82, 2.24) is 0 Å². The molecular formula is C14H18F3NO3. The monoisotopic (exact) mass is 305 g/mol. The zero-order chi connectivity index (χ0) is 16.4. The Labute approximate surface area is 120 Å².